The fourth-order valence-corrected chi connectivity index (χ4v) is 3.59. The van der Waals surface area contributed by atoms with Crippen molar-refractivity contribution in [3.05, 3.63) is 76.2 Å². The van der Waals surface area contributed by atoms with Crippen LogP contribution in [-0.2, 0) is 16.4 Å². The number of hydrogen-bond donors (Lipinski definition) is 3. The Morgan fingerprint density at radius 3 is 2.41 bits per heavy atom. The molecule has 3 aromatic rings. The Labute approximate surface area is 217 Å². The van der Waals surface area contributed by atoms with E-state index in [0.717, 1.165) is 25.1 Å². The molecule has 0 radical (unpaired) electrons. The van der Waals surface area contributed by atoms with E-state index >= 15 is 0 Å². The summed E-state index contributed by atoms with van der Waals surface area (Å²) in [5.74, 6) is -0.396. The minimum Gasteiger partial charge on any atom is -0.370 e. The van der Waals surface area contributed by atoms with E-state index < -0.39 is 28.1 Å². The summed E-state index contributed by atoms with van der Waals surface area (Å²) in [5, 5.41) is 7.98. The van der Waals surface area contributed by atoms with Crippen LogP contribution < -0.4 is 16.0 Å². The molecule has 2 amide bonds. The van der Waals surface area contributed by atoms with Crippen molar-refractivity contribution in [3.63, 3.8) is 0 Å². The molecule has 3 N–H and O–H groups in total. The summed E-state index contributed by atoms with van der Waals surface area (Å²) >= 11 is 5.65. The van der Waals surface area contributed by atoms with Gasteiger partial charge in [-0.3, -0.25) is 9.59 Å². The maximum absolute atomic E-state index is 13.2. The number of halogens is 4. The van der Waals surface area contributed by atoms with E-state index in [1.807, 2.05) is 6.92 Å². The van der Waals surface area contributed by atoms with Crippen molar-refractivity contribution in [1.82, 2.24) is 9.97 Å². The lowest BCUT2D eigenvalue weighted by Gasteiger charge is -2.24. The van der Waals surface area contributed by atoms with Crippen molar-refractivity contribution in [3.8, 4) is 0 Å². The van der Waals surface area contributed by atoms with Gasteiger partial charge in [0.2, 0.25) is 5.91 Å². The van der Waals surface area contributed by atoms with Crippen molar-refractivity contribution in [2.45, 2.75) is 45.7 Å². The van der Waals surface area contributed by atoms with Crippen molar-refractivity contribution >= 4 is 40.6 Å². The summed E-state index contributed by atoms with van der Waals surface area (Å²) in [5.41, 5.74) is -0.415. The molecule has 37 heavy (non-hydrogen) atoms. The highest BCUT2D eigenvalue weighted by Crippen LogP contribution is 2.36. The normalized spacial score (nSPS) is 11.7. The van der Waals surface area contributed by atoms with Gasteiger partial charge in [-0.05, 0) is 63.1 Å². The summed E-state index contributed by atoms with van der Waals surface area (Å²) in [4.78, 5) is 34.5. The van der Waals surface area contributed by atoms with Crippen LogP contribution >= 0.6 is 11.6 Å². The van der Waals surface area contributed by atoms with Gasteiger partial charge in [-0.1, -0.05) is 24.6 Å². The minimum atomic E-state index is -4.66. The van der Waals surface area contributed by atoms with Crippen LogP contribution in [-0.4, -0.2) is 28.3 Å². The van der Waals surface area contributed by atoms with Crippen LogP contribution in [0.4, 0.5) is 30.4 Å². The fraction of sp³-hybridized carbons (Fsp3) is 0.308. The van der Waals surface area contributed by atoms with Gasteiger partial charge in [-0.2, -0.15) is 13.2 Å². The Hall–Kier alpha value is -3.66. The van der Waals surface area contributed by atoms with Crippen LogP contribution in [0.3, 0.4) is 0 Å². The lowest BCUT2D eigenvalue weighted by Crippen LogP contribution is -2.36. The minimum absolute atomic E-state index is 0.0646. The van der Waals surface area contributed by atoms with Crippen molar-refractivity contribution in [1.29, 1.82) is 0 Å². The Bertz CT molecular complexity index is 1310. The van der Waals surface area contributed by atoms with Gasteiger partial charge >= 0.3 is 6.18 Å². The quantitative estimate of drug-likeness (QED) is 0.309. The van der Waals surface area contributed by atoms with Gasteiger partial charge in [0.15, 0.2) is 0 Å². The first-order valence-corrected chi connectivity index (χ1v) is 11.9. The molecular formula is C26H27ClF3N5O2. The van der Waals surface area contributed by atoms with Crippen molar-refractivity contribution < 1.29 is 22.8 Å². The number of rotatable bonds is 8. The smallest absolute Gasteiger partial charge is 0.370 e. The molecule has 1 heterocycles. The number of nitrogens with one attached hydrogen (secondary N) is 3. The number of anilines is 3. The van der Waals surface area contributed by atoms with Gasteiger partial charge in [0.05, 0.1) is 21.7 Å². The second kappa shape index (κ2) is 11.2. The molecule has 7 nitrogen and oxygen atoms in total. The SMILES string of the molecule is CCCNc1cc(C(C)(C)C(=O)Nc2cc(C(=O)Nc3ccc(Cl)c(C(F)(F)F)c3)ccc2C)ncn1. The molecule has 0 bridgehead atoms. The summed E-state index contributed by atoms with van der Waals surface area (Å²) in [7, 11) is 0. The van der Waals surface area contributed by atoms with Crippen LogP contribution in [0, 0.1) is 6.92 Å². The third kappa shape index (κ3) is 6.76. The van der Waals surface area contributed by atoms with Crippen LogP contribution in [0.2, 0.25) is 5.02 Å². The number of carbonyl (C=O) groups is 2. The molecule has 0 saturated heterocycles. The zero-order chi connectivity index (χ0) is 27.4. The van der Waals surface area contributed by atoms with E-state index in [4.69, 9.17) is 11.6 Å². The van der Waals surface area contributed by atoms with Crippen LogP contribution in [0.5, 0.6) is 0 Å². The average Bonchev–Trinajstić information content (AvgIpc) is 2.84. The first kappa shape index (κ1) is 27.9. The van der Waals surface area contributed by atoms with Crippen LogP contribution in [0.15, 0.2) is 48.8 Å². The summed E-state index contributed by atoms with van der Waals surface area (Å²) in [6.07, 6.45) is -2.37. The lowest BCUT2D eigenvalue weighted by atomic mass is 9.87. The molecule has 0 aliphatic carbocycles. The number of carbonyl (C=O) groups excluding carboxylic acids is 2. The number of aryl methyl sites for hydroxylation is 1. The standard InChI is InChI=1S/C26H27ClF3N5O2/c1-5-10-31-22-13-21(32-14-33-22)25(3,4)24(37)35-20-11-16(7-6-15(20)2)23(36)34-17-8-9-19(27)18(12-17)26(28,29)30/h6-9,11-14H,5,10H2,1-4H3,(H,34,36)(H,35,37)(H,31,32,33). The topological polar surface area (TPSA) is 96.0 Å². The van der Waals surface area contributed by atoms with Gasteiger partial charge < -0.3 is 16.0 Å². The Morgan fingerprint density at radius 2 is 1.73 bits per heavy atom. The monoisotopic (exact) mass is 533 g/mol. The first-order valence-electron chi connectivity index (χ1n) is 11.5. The molecule has 0 spiro atoms. The van der Waals surface area contributed by atoms with E-state index in [1.165, 1.54) is 24.5 Å². The van der Waals surface area contributed by atoms with Crippen LogP contribution in [0.25, 0.3) is 0 Å². The van der Waals surface area contributed by atoms with E-state index in [9.17, 15) is 22.8 Å². The Balaban J connectivity index is 1.80. The lowest BCUT2D eigenvalue weighted by molar-refractivity contribution is -0.137. The molecule has 2 aromatic carbocycles. The third-order valence-corrected chi connectivity index (χ3v) is 6.04. The van der Waals surface area contributed by atoms with Crippen molar-refractivity contribution in [2.75, 3.05) is 22.5 Å². The second-order valence-electron chi connectivity index (χ2n) is 8.97. The molecule has 0 saturated carbocycles. The fourth-order valence-electron chi connectivity index (χ4n) is 3.37. The highest BCUT2D eigenvalue weighted by molar-refractivity contribution is 6.31. The summed E-state index contributed by atoms with van der Waals surface area (Å²) < 4.78 is 39.5. The number of nitrogens with zero attached hydrogens (tertiary/aromatic N) is 2. The number of alkyl halides is 3. The molecule has 3 rings (SSSR count). The van der Waals surface area contributed by atoms with Gasteiger partial charge in [0.25, 0.3) is 5.91 Å². The van der Waals surface area contributed by atoms with E-state index in [2.05, 4.69) is 25.9 Å². The van der Waals surface area contributed by atoms with E-state index in [-0.39, 0.29) is 17.2 Å². The van der Waals surface area contributed by atoms with Crippen LogP contribution in [0.1, 0.15) is 54.4 Å². The highest BCUT2D eigenvalue weighted by atomic mass is 35.5. The van der Waals surface area contributed by atoms with Gasteiger partial charge in [0.1, 0.15) is 12.1 Å². The molecule has 0 aliphatic rings. The largest absolute Gasteiger partial charge is 0.417 e. The second-order valence-corrected chi connectivity index (χ2v) is 9.38. The zero-order valence-electron chi connectivity index (χ0n) is 20.8. The molecule has 1 aromatic heterocycles. The molecule has 0 fully saturated rings. The maximum Gasteiger partial charge on any atom is 0.417 e. The van der Waals surface area contributed by atoms with Gasteiger partial charge in [-0.25, -0.2) is 9.97 Å². The third-order valence-electron chi connectivity index (χ3n) is 5.71. The molecular weight excluding hydrogens is 507 g/mol. The van der Waals surface area contributed by atoms with Gasteiger partial charge in [0, 0.05) is 29.5 Å². The Kier molecular flexibility index (Phi) is 8.42. The highest BCUT2D eigenvalue weighted by Gasteiger charge is 2.34. The zero-order valence-corrected chi connectivity index (χ0v) is 21.5. The summed E-state index contributed by atoms with van der Waals surface area (Å²) in [6, 6.07) is 9.45. The number of amides is 2. The number of benzene rings is 2. The molecule has 0 aliphatic heterocycles. The first-order chi connectivity index (χ1) is 17.3. The molecule has 0 unspecified atom stereocenters. The molecule has 11 heteroatoms. The van der Waals surface area contributed by atoms with Gasteiger partial charge in [-0.15, -0.1) is 0 Å². The predicted molar refractivity (Wildman–Crippen MR) is 138 cm³/mol. The molecule has 196 valence electrons. The van der Waals surface area contributed by atoms with E-state index in [1.54, 1.807) is 32.9 Å². The predicted octanol–water partition coefficient (Wildman–Crippen LogP) is 6.45. The summed E-state index contributed by atoms with van der Waals surface area (Å²) in [6.45, 7) is 7.96. The molecule has 0 atom stereocenters. The average molecular weight is 534 g/mol. The van der Waals surface area contributed by atoms with Crippen molar-refractivity contribution in [2.24, 2.45) is 0 Å². The number of aromatic nitrogens is 2. The maximum atomic E-state index is 13.2. The Morgan fingerprint density at radius 1 is 1.00 bits per heavy atom. The van der Waals surface area contributed by atoms with E-state index in [0.29, 0.717) is 22.8 Å². The number of hydrogen-bond acceptors (Lipinski definition) is 5.